The van der Waals surface area contributed by atoms with Crippen LogP contribution in [0.1, 0.15) is 33.1 Å². The number of Topliss-reactive ketones (excluding diaryl/α,β-unsaturated/α-hetero) is 1. The molecular weight excluding hydrogens is 128 g/mol. The maximum absolute atomic E-state index is 10.0. The molecule has 1 heterocycles. The highest BCUT2D eigenvalue weighted by atomic mass is 16.5. The van der Waals surface area contributed by atoms with Crippen LogP contribution in [0.3, 0.4) is 0 Å². The molecule has 0 N–H and O–H groups in total. The fraction of sp³-hybridized carbons (Fsp3) is 0.875. The fourth-order valence-corrected chi connectivity index (χ4v) is 0.496. The first-order chi connectivity index (χ1) is 4.77. The SMILES string of the molecule is C1COC1.CCCC(C)=O. The summed E-state index contributed by atoms with van der Waals surface area (Å²) in [7, 11) is 0. The summed E-state index contributed by atoms with van der Waals surface area (Å²) in [5.41, 5.74) is 0. The van der Waals surface area contributed by atoms with Gasteiger partial charge in [-0.15, -0.1) is 0 Å². The van der Waals surface area contributed by atoms with E-state index >= 15 is 0 Å². The van der Waals surface area contributed by atoms with Crippen molar-refractivity contribution in [3.8, 4) is 0 Å². The summed E-state index contributed by atoms with van der Waals surface area (Å²) in [4.78, 5) is 10.0. The van der Waals surface area contributed by atoms with Gasteiger partial charge in [0.15, 0.2) is 0 Å². The number of ether oxygens (including phenoxy) is 1. The minimum Gasteiger partial charge on any atom is -0.381 e. The molecule has 0 atom stereocenters. The molecule has 0 spiro atoms. The minimum absolute atomic E-state index is 0.289. The first-order valence-corrected chi connectivity index (χ1v) is 3.84. The van der Waals surface area contributed by atoms with Gasteiger partial charge in [0, 0.05) is 19.6 Å². The third-order valence-corrected chi connectivity index (χ3v) is 1.18. The molecule has 0 radical (unpaired) electrons. The predicted octanol–water partition coefficient (Wildman–Crippen LogP) is 1.78. The second-order valence-electron chi connectivity index (χ2n) is 2.42. The van der Waals surface area contributed by atoms with Crippen LogP contribution in [0.15, 0.2) is 0 Å². The van der Waals surface area contributed by atoms with E-state index < -0.39 is 0 Å². The maximum Gasteiger partial charge on any atom is 0.129 e. The van der Waals surface area contributed by atoms with E-state index in [4.69, 9.17) is 4.74 Å². The van der Waals surface area contributed by atoms with Gasteiger partial charge in [-0.1, -0.05) is 6.92 Å². The van der Waals surface area contributed by atoms with E-state index in [1.807, 2.05) is 6.92 Å². The van der Waals surface area contributed by atoms with Crippen molar-refractivity contribution in [3.05, 3.63) is 0 Å². The first kappa shape index (κ1) is 9.63. The zero-order valence-electron chi connectivity index (χ0n) is 6.85. The Labute approximate surface area is 62.6 Å². The van der Waals surface area contributed by atoms with Crippen LogP contribution in [-0.2, 0) is 9.53 Å². The highest BCUT2D eigenvalue weighted by molar-refractivity contribution is 5.75. The van der Waals surface area contributed by atoms with E-state index in [9.17, 15) is 4.79 Å². The van der Waals surface area contributed by atoms with Crippen molar-refractivity contribution in [1.82, 2.24) is 0 Å². The van der Waals surface area contributed by atoms with Gasteiger partial charge in [-0.3, -0.25) is 0 Å². The van der Waals surface area contributed by atoms with Crippen molar-refractivity contribution in [2.24, 2.45) is 0 Å². The van der Waals surface area contributed by atoms with Crippen LogP contribution < -0.4 is 0 Å². The number of hydrogen-bond acceptors (Lipinski definition) is 2. The summed E-state index contributed by atoms with van der Waals surface area (Å²) < 4.78 is 4.72. The molecule has 1 fully saturated rings. The molecule has 1 aliphatic rings. The van der Waals surface area contributed by atoms with E-state index in [1.165, 1.54) is 6.42 Å². The summed E-state index contributed by atoms with van der Waals surface area (Å²) in [6.45, 7) is 5.62. The lowest BCUT2D eigenvalue weighted by Gasteiger charge is -2.09. The summed E-state index contributed by atoms with van der Waals surface area (Å²) >= 11 is 0. The van der Waals surface area contributed by atoms with Crippen molar-refractivity contribution < 1.29 is 9.53 Å². The molecule has 0 amide bonds. The van der Waals surface area contributed by atoms with Gasteiger partial charge in [0.2, 0.25) is 0 Å². The maximum atomic E-state index is 10.0. The molecule has 1 rings (SSSR count). The topological polar surface area (TPSA) is 26.3 Å². The van der Waals surface area contributed by atoms with Crippen LogP contribution in [0, 0.1) is 0 Å². The molecular formula is C8H16O2. The normalized spacial score (nSPS) is 14.6. The third-order valence-electron chi connectivity index (χ3n) is 1.18. The molecule has 1 aliphatic heterocycles. The van der Waals surface area contributed by atoms with E-state index in [-0.39, 0.29) is 5.78 Å². The van der Waals surface area contributed by atoms with Gasteiger partial charge in [0.05, 0.1) is 0 Å². The number of carbonyl (C=O) groups is 1. The zero-order valence-corrected chi connectivity index (χ0v) is 6.85. The summed E-state index contributed by atoms with van der Waals surface area (Å²) in [6, 6.07) is 0. The van der Waals surface area contributed by atoms with E-state index in [0.29, 0.717) is 0 Å². The standard InChI is InChI=1S/C5H10O.C3H6O/c1-3-4-5(2)6;1-2-4-3-1/h3-4H2,1-2H3;1-3H2. The summed E-state index contributed by atoms with van der Waals surface area (Å²) in [5.74, 6) is 0.289. The Kier molecular flexibility index (Phi) is 6.50. The van der Waals surface area contributed by atoms with Gasteiger partial charge < -0.3 is 9.53 Å². The quantitative estimate of drug-likeness (QED) is 0.590. The molecule has 1 saturated heterocycles. The van der Waals surface area contributed by atoms with Gasteiger partial charge >= 0.3 is 0 Å². The number of carbonyl (C=O) groups excluding carboxylic acids is 1. The van der Waals surface area contributed by atoms with Gasteiger partial charge in [-0.05, 0) is 19.8 Å². The van der Waals surface area contributed by atoms with Crippen LogP contribution in [0.2, 0.25) is 0 Å². The van der Waals surface area contributed by atoms with Crippen molar-refractivity contribution in [3.63, 3.8) is 0 Å². The minimum atomic E-state index is 0.289. The Bertz CT molecular complexity index is 81.3. The Morgan fingerprint density at radius 1 is 1.50 bits per heavy atom. The molecule has 60 valence electrons. The number of ketones is 1. The van der Waals surface area contributed by atoms with Crippen molar-refractivity contribution in [2.45, 2.75) is 33.1 Å². The largest absolute Gasteiger partial charge is 0.381 e. The summed E-state index contributed by atoms with van der Waals surface area (Å²) in [5, 5.41) is 0. The highest BCUT2D eigenvalue weighted by Crippen LogP contribution is 1.93. The molecule has 10 heavy (non-hydrogen) atoms. The lowest BCUT2D eigenvalue weighted by Crippen LogP contribution is -2.09. The molecule has 2 heteroatoms. The Morgan fingerprint density at radius 3 is 1.90 bits per heavy atom. The number of hydrogen-bond donors (Lipinski definition) is 0. The molecule has 0 aromatic carbocycles. The molecule has 0 aromatic heterocycles. The Balaban J connectivity index is 0.000000172. The average molecular weight is 144 g/mol. The Hall–Kier alpha value is -0.370. The molecule has 0 saturated carbocycles. The van der Waals surface area contributed by atoms with E-state index in [1.54, 1.807) is 6.92 Å². The predicted molar refractivity (Wildman–Crippen MR) is 41.0 cm³/mol. The fourth-order valence-electron chi connectivity index (χ4n) is 0.496. The number of rotatable bonds is 2. The van der Waals surface area contributed by atoms with E-state index in [2.05, 4.69) is 0 Å². The molecule has 0 unspecified atom stereocenters. The van der Waals surface area contributed by atoms with Crippen LogP contribution in [-0.4, -0.2) is 19.0 Å². The van der Waals surface area contributed by atoms with Gasteiger partial charge in [0.1, 0.15) is 5.78 Å². The molecule has 0 aliphatic carbocycles. The average Bonchev–Trinajstić information content (AvgIpc) is 1.58. The van der Waals surface area contributed by atoms with Crippen molar-refractivity contribution in [2.75, 3.05) is 13.2 Å². The van der Waals surface area contributed by atoms with Crippen LogP contribution in [0.5, 0.6) is 0 Å². The highest BCUT2D eigenvalue weighted by Gasteiger charge is 1.94. The van der Waals surface area contributed by atoms with Crippen LogP contribution in [0.25, 0.3) is 0 Å². The lowest BCUT2D eigenvalue weighted by molar-refractivity contribution is -0.117. The second kappa shape index (κ2) is 6.75. The third kappa shape index (κ3) is 7.63. The summed E-state index contributed by atoms with van der Waals surface area (Å²) in [6.07, 6.45) is 3.00. The molecule has 0 bridgehead atoms. The van der Waals surface area contributed by atoms with Gasteiger partial charge in [-0.25, -0.2) is 0 Å². The van der Waals surface area contributed by atoms with Gasteiger partial charge in [0.25, 0.3) is 0 Å². The molecule has 0 aromatic rings. The van der Waals surface area contributed by atoms with Crippen LogP contribution in [0.4, 0.5) is 0 Å². The first-order valence-electron chi connectivity index (χ1n) is 3.84. The van der Waals surface area contributed by atoms with E-state index in [0.717, 1.165) is 26.1 Å². The molecule has 2 nitrogen and oxygen atoms in total. The van der Waals surface area contributed by atoms with Crippen LogP contribution >= 0.6 is 0 Å². The Morgan fingerprint density at radius 2 is 1.90 bits per heavy atom. The monoisotopic (exact) mass is 144 g/mol. The van der Waals surface area contributed by atoms with Gasteiger partial charge in [-0.2, -0.15) is 0 Å². The zero-order chi connectivity index (χ0) is 7.82. The lowest BCUT2D eigenvalue weighted by atomic mass is 10.3. The smallest absolute Gasteiger partial charge is 0.129 e. The second-order valence-corrected chi connectivity index (χ2v) is 2.42. The van der Waals surface area contributed by atoms with Crippen molar-refractivity contribution in [1.29, 1.82) is 0 Å². The van der Waals surface area contributed by atoms with Crippen molar-refractivity contribution >= 4 is 5.78 Å².